The first-order valence-electron chi connectivity index (χ1n) is 9.36. The molecule has 0 radical (unpaired) electrons. The van der Waals surface area contributed by atoms with Gasteiger partial charge in [-0.05, 0) is 74.2 Å². The van der Waals surface area contributed by atoms with Crippen LogP contribution in [0.1, 0.15) is 65.2 Å². The first kappa shape index (κ1) is 13.8. The monoisotopic (exact) mass is 300 g/mol. The molecule has 1 spiro atoms. The van der Waals surface area contributed by atoms with Crippen LogP contribution in [-0.2, 0) is 9.53 Å². The minimum Gasteiger partial charge on any atom is -0.369 e. The summed E-state index contributed by atoms with van der Waals surface area (Å²) in [4.78, 5) is 11.9. The molecule has 120 valence electrons. The molecule has 5 rings (SSSR count). The van der Waals surface area contributed by atoms with E-state index < -0.39 is 0 Å². The maximum absolute atomic E-state index is 11.9. The number of epoxide rings is 1. The summed E-state index contributed by atoms with van der Waals surface area (Å²) in [5.74, 6) is 2.92. The lowest BCUT2D eigenvalue weighted by Gasteiger charge is -2.57. The fraction of sp³-hybridized carbons (Fsp3) is 0.850. The van der Waals surface area contributed by atoms with Gasteiger partial charge in [-0.2, -0.15) is 0 Å². The van der Waals surface area contributed by atoms with Crippen molar-refractivity contribution in [2.45, 2.75) is 70.8 Å². The Labute approximate surface area is 133 Å². The number of fused-ring (bicyclic) bond motifs is 6. The number of ether oxygens (including phenoxy) is 1. The van der Waals surface area contributed by atoms with Gasteiger partial charge >= 0.3 is 0 Å². The van der Waals surface area contributed by atoms with Gasteiger partial charge < -0.3 is 4.74 Å². The Kier molecular flexibility index (Phi) is 2.54. The molecule has 0 aromatic rings. The standard InChI is InChI=1S/C20H28O2/c1-18-8-5-14(21)11-13(18)3-4-15-16(18)6-9-19(2)17(15)7-10-20(19)12-22-20/h11,15-17H,3-10,12H2,1-2H3/t15-,16+,17+,18+,19+,20?/m1/s1. The van der Waals surface area contributed by atoms with E-state index in [0.29, 0.717) is 16.6 Å². The second-order valence-electron chi connectivity index (χ2n) is 9.25. The molecule has 4 aliphatic carbocycles. The molecule has 1 heterocycles. The van der Waals surface area contributed by atoms with E-state index in [2.05, 4.69) is 13.8 Å². The van der Waals surface area contributed by atoms with Gasteiger partial charge in [0.15, 0.2) is 5.78 Å². The van der Waals surface area contributed by atoms with Crippen LogP contribution in [-0.4, -0.2) is 18.0 Å². The van der Waals surface area contributed by atoms with E-state index in [-0.39, 0.29) is 5.60 Å². The second-order valence-corrected chi connectivity index (χ2v) is 9.25. The van der Waals surface area contributed by atoms with E-state index in [1.54, 1.807) is 0 Å². The maximum atomic E-state index is 11.9. The Morgan fingerprint density at radius 3 is 2.59 bits per heavy atom. The highest BCUT2D eigenvalue weighted by Crippen LogP contribution is 2.70. The van der Waals surface area contributed by atoms with Crippen molar-refractivity contribution in [3.05, 3.63) is 11.6 Å². The van der Waals surface area contributed by atoms with E-state index in [9.17, 15) is 4.79 Å². The van der Waals surface area contributed by atoms with Crippen molar-refractivity contribution >= 4 is 5.78 Å². The van der Waals surface area contributed by atoms with E-state index in [4.69, 9.17) is 4.74 Å². The predicted molar refractivity (Wildman–Crippen MR) is 85.4 cm³/mol. The van der Waals surface area contributed by atoms with Crippen molar-refractivity contribution in [1.29, 1.82) is 0 Å². The molecule has 4 fully saturated rings. The van der Waals surface area contributed by atoms with Crippen molar-refractivity contribution in [2.24, 2.45) is 28.6 Å². The topological polar surface area (TPSA) is 29.6 Å². The van der Waals surface area contributed by atoms with Gasteiger partial charge in [-0.25, -0.2) is 0 Å². The number of carbonyl (C=O) groups excluding carboxylic acids is 1. The predicted octanol–water partition coefficient (Wildman–Crippen LogP) is 4.29. The fourth-order valence-corrected chi connectivity index (χ4v) is 7.21. The molecule has 2 heteroatoms. The molecule has 0 bridgehead atoms. The summed E-state index contributed by atoms with van der Waals surface area (Å²) >= 11 is 0. The van der Waals surface area contributed by atoms with Crippen LogP contribution in [0, 0.1) is 28.6 Å². The van der Waals surface area contributed by atoms with Crippen LogP contribution in [0.5, 0.6) is 0 Å². The quantitative estimate of drug-likeness (QED) is 0.625. The van der Waals surface area contributed by atoms with E-state index >= 15 is 0 Å². The van der Waals surface area contributed by atoms with Gasteiger partial charge in [-0.3, -0.25) is 4.79 Å². The molecule has 5 aliphatic rings. The molecule has 22 heavy (non-hydrogen) atoms. The molecule has 1 saturated heterocycles. The molecular weight excluding hydrogens is 272 g/mol. The zero-order valence-corrected chi connectivity index (χ0v) is 14.0. The molecule has 6 atom stereocenters. The summed E-state index contributed by atoms with van der Waals surface area (Å²) < 4.78 is 6.00. The lowest BCUT2D eigenvalue weighted by Crippen LogP contribution is -2.52. The molecule has 0 N–H and O–H groups in total. The number of carbonyl (C=O) groups is 1. The van der Waals surface area contributed by atoms with Crippen LogP contribution in [0.4, 0.5) is 0 Å². The lowest BCUT2D eigenvalue weighted by atomic mass is 9.47. The van der Waals surface area contributed by atoms with Gasteiger partial charge in [0, 0.05) is 11.8 Å². The summed E-state index contributed by atoms with van der Waals surface area (Å²) in [5, 5.41) is 0. The van der Waals surface area contributed by atoms with Crippen LogP contribution in [0.3, 0.4) is 0 Å². The zero-order valence-electron chi connectivity index (χ0n) is 14.0. The van der Waals surface area contributed by atoms with Crippen molar-refractivity contribution in [3.8, 4) is 0 Å². The minimum atomic E-state index is 0.266. The summed E-state index contributed by atoms with van der Waals surface area (Å²) in [6.07, 6.45) is 11.8. The SMILES string of the molecule is C[C@]12CCC(=O)C=C1CC[C@@H]1[C@@H]2CC[C@@]2(C)[C@H]1CCC21CO1. The Hall–Kier alpha value is -0.630. The van der Waals surface area contributed by atoms with Crippen molar-refractivity contribution in [1.82, 2.24) is 0 Å². The van der Waals surface area contributed by atoms with E-state index in [1.165, 1.54) is 44.1 Å². The van der Waals surface area contributed by atoms with Crippen molar-refractivity contribution in [2.75, 3.05) is 6.61 Å². The van der Waals surface area contributed by atoms with Gasteiger partial charge in [0.1, 0.15) is 0 Å². The summed E-state index contributed by atoms with van der Waals surface area (Å²) in [5.41, 5.74) is 2.51. The number of rotatable bonds is 0. The Bertz CT molecular complexity index is 572. The lowest BCUT2D eigenvalue weighted by molar-refractivity contribution is -0.117. The summed E-state index contributed by atoms with van der Waals surface area (Å²) in [7, 11) is 0. The molecular formula is C20H28O2. The number of allylic oxidation sites excluding steroid dienone is 1. The van der Waals surface area contributed by atoms with Crippen LogP contribution in [0.25, 0.3) is 0 Å². The average molecular weight is 300 g/mol. The number of hydrogen-bond acceptors (Lipinski definition) is 2. The third-order valence-corrected chi connectivity index (χ3v) is 8.74. The molecule has 2 nitrogen and oxygen atoms in total. The Balaban J connectivity index is 1.51. The van der Waals surface area contributed by atoms with Crippen LogP contribution in [0.15, 0.2) is 11.6 Å². The van der Waals surface area contributed by atoms with Crippen molar-refractivity contribution < 1.29 is 9.53 Å². The minimum absolute atomic E-state index is 0.266. The number of ketones is 1. The smallest absolute Gasteiger partial charge is 0.155 e. The van der Waals surface area contributed by atoms with E-state index in [0.717, 1.165) is 37.2 Å². The fourth-order valence-electron chi connectivity index (χ4n) is 7.21. The van der Waals surface area contributed by atoms with Gasteiger partial charge in [0.05, 0.1) is 12.2 Å². The highest BCUT2D eigenvalue weighted by molar-refractivity contribution is 5.91. The van der Waals surface area contributed by atoms with Gasteiger partial charge in [0.2, 0.25) is 0 Å². The third kappa shape index (κ3) is 1.48. The Morgan fingerprint density at radius 1 is 1.05 bits per heavy atom. The van der Waals surface area contributed by atoms with Gasteiger partial charge in [-0.1, -0.05) is 19.4 Å². The van der Waals surface area contributed by atoms with Crippen LogP contribution >= 0.6 is 0 Å². The van der Waals surface area contributed by atoms with Gasteiger partial charge in [0.25, 0.3) is 0 Å². The molecule has 1 unspecified atom stereocenters. The molecule has 1 aliphatic heterocycles. The first-order chi connectivity index (χ1) is 10.5. The zero-order chi connectivity index (χ0) is 15.2. The highest BCUT2D eigenvalue weighted by Gasteiger charge is 2.69. The first-order valence-corrected chi connectivity index (χ1v) is 9.36. The summed E-state index contributed by atoms with van der Waals surface area (Å²) in [6, 6.07) is 0. The van der Waals surface area contributed by atoms with Crippen molar-refractivity contribution in [3.63, 3.8) is 0 Å². The molecule has 0 amide bonds. The third-order valence-electron chi connectivity index (χ3n) is 8.74. The Morgan fingerprint density at radius 2 is 1.82 bits per heavy atom. The van der Waals surface area contributed by atoms with Gasteiger partial charge in [-0.15, -0.1) is 0 Å². The second kappa shape index (κ2) is 4.06. The maximum Gasteiger partial charge on any atom is 0.155 e. The highest BCUT2D eigenvalue weighted by atomic mass is 16.6. The van der Waals surface area contributed by atoms with Crippen LogP contribution < -0.4 is 0 Å². The number of hydrogen-bond donors (Lipinski definition) is 0. The molecule has 0 aromatic carbocycles. The average Bonchev–Trinajstić information content (AvgIpc) is 3.22. The van der Waals surface area contributed by atoms with E-state index in [1.807, 2.05) is 6.08 Å². The normalized spacial score (nSPS) is 56.2. The molecule has 0 aromatic heterocycles. The summed E-state index contributed by atoms with van der Waals surface area (Å²) in [6.45, 7) is 6.03. The molecule has 3 saturated carbocycles. The van der Waals surface area contributed by atoms with Crippen LogP contribution in [0.2, 0.25) is 0 Å². The largest absolute Gasteiger partial charge is 0.369 e.